The summed E-state index contributed by atoms with van der Waals surface area (Å²) in [6, 6.07) is 4.75. The van der Waals surface area contributed by atoms with Crippen molar-refractivity contribution in [2.45, 2.75) is 37.5 Å². The molecule has 1 unspecified atom stereocenters. The van der Waals surface area contributed by atoms with Crippen molar-refractivity contribution in [1.82, 2.24) is 4.72 Å². The fraction of sp³-hybridized carbons (Fsp3) is 0.571. The monoisotopic (exact) mass is 386 g/mol. The molecule has 0 radical (unpaired) electrons. The van der Waals surface area contributed by atoms with Gasteiger partial charge in [-0.1, -0.05) is 42.1 Å². The summed E-state index contributed by atoms with van der Waals surface area (Å²) < 4.78 is 27.4. The molecule has 4 nitrogen and oxygen atoms in total. The Balaban J connectivity index is 0.00000242. The summed E-state index contributed by atoms with van der Waals surface area (Å²) in [4.78, 5) is 0. The van der Waals surface area contributed by atoms with Crippen LogP contribution in [0.2, 0.25) is 10.0 Å². The summed E-state index contributed by atoms with van der Waals surface area (Å²) in [5.74, 6) is 0.0980. The van der Waals surface area contributed by atoms with E-state index in [0.29, 0.717) is 28.1 Å². The summed E-state index contributed by atoms with van der Waals surface area (Å²) in [6.45, 7) is 0.306. The lowest BCUT2D eigenvalue weighted by Crippen LogP contribution is -2.45. The molecule has 1 aliphatic rings. The average molecular weight is 388 g/mol. The number of rotatable bonds is 6. The van der Waals surface area contributed by atoms with Crippen LogP contribution in [0.5, 0.6) is 0 Å². The van der Waals surface area contributed by atoms with E-state index in [-0.39, 0.29) is 24.2 Å². The Morgan fingerprint density at radius 1 is 1.23 bits per heavy atom. The van der Waals surface area contributed by atoms with Gasteiger partial charge in [-0.2, -0.15) is 0 Å². The van der Waals surface area contributed by atoms with Gasteiger partial charge in [-0.25, -0.2) is 13.1 Å². The van der Waals surface area contributed by atoms with E-state index in [4.69, 9.17) is 28.9 Å². The van der Waals surface area contributed by atoms with Crippen molar-refractivity contribution in [3.8, 4) is 0 Å². The van der Waals surface area contributed by atoms with Crippen LogP contribution in [-0.2, 0) is 15.8 Å². The quantitative estimate of drug-likeness (QED) is 0.786. The molecule has 1 saturated carbocycles. The van der Waals surface area contributed by atoms with E-state index >= 15 is 0 Å². The van der Waals surface area contributed by atoms with Crippen LogP contribution in [0, 0.1) is 5.92 Å². The number of hydrogen-bond acceptors (Lipinski definition) is 3. The summed E-state index contributed by atoms with van der Waals surface area (Å²) in [7, 11) is -3.53. The Kier molecular flexibility index (Phi) is 7.92. The molecule has 0 heterocycles. The van der Waals surface area contributed by atoms with Crippen molar-refractivity contribution in [2.24, 2.45) is 11.7 Å². The minimum absolute atomic E-state index is 0. The Morgan fingerprint density at radius 2 is 1.77 bits per heavy atom. The Bertz CT molecular complexity index is 570. The molecule has 1 aromatic rings. The van der Waals surface area contributed by atoms with E-state index in [1.165, 1.54) is 0 Å². The lowest BCUT2D eigenvalue weighted by atomic mass is 9.99. The number of nitrogens with two attached hydrogens (primary N) is 1. The summed E-state index contributed by atoms with van der Waals surface area (Å²) in [5, 5.41) is 0.719. The Labute approximate surface area is 148 Å². The lowest BCUT2D eigenvalue weighted by Gasteiger charge is -2.23. The highest BCUT2D eigenvalue weighted by molar-refractivity contribution is 7.88. The molecule has 0 amide bonds. The number of sulfonamides is 1. The molecule has 0 bridgehead atoms. The van der Waals surface area contributed by atoms with Gasteiger partial charge in [-0.05, 0) is 30.9 Å². The van der Waals surface area contributed by atoms with Crippen LogP contribution in [-0.4, -0.2) is 21.0 Å². The molecule has 1 aliphatic carbocycles. The second-order valence-electron chi connectivity index (χ2n) is 5.46. The van der Waals surface area contributed by atoms with E-state index in [2.05, 4.69) is 4.72 Å². The third-order valence-corrected chi connectivity index (χ3v) is 5.99. The van der Waals surface area contributed by atoms with Crippen molar-refractivity contribution >= 4 is 45.6 Å². The van der Waals surface area contributed by atoms with Crippen LogP contribution in [0.4, 0.5) is 0 Å². The number of halogens is 3. The first-order valence-corrected chi connectivity index (χ1v) is 9.46. The van der Waals surface area contributed by atoms with Crippen LogP contribution >= 0.6 is 35.6 Å². The van der Waals surface area contributed by atoms with Crippen molar-refractivity contribution in [3.05, 3.63) is 33.8 Å². The van der Waals surface area contributed by atoms with Crippen LogP contribution in [0.25, 0.3) is 0 Å². The highest BCUT2D eigenvalue weighted by Gasteiger charge is 2.28. The van der Waals surface area contributed by atoms with E-state index in [0.717, 1.165) is 25.7 Å². The van der Waals surface area contributed by atoms with Crippen molar-refractivity contribution in [1.29, 1.82) is 0 Å². The third-order valence-electron chi connectivity index (χ3n) is 3.95. The van der Waals surface area contributed by atoms with Gasteiger partial charge in [0.15, 0.2) is 0 Å². The van der Waals surface area contributed by atoms with Crippen LogP contribution in [0.1, 0.15) is 31.2 Å². The maximum atomic E-state index is 12.3. The maximum Gasteiger partial charge on any atom is 0.216 e. The first kappa shape index (κ1) is 20.0. The highest BCUT2D eigenvalue weighted by atomic mass is 35.5. The fourth-order valence-electron chi connectivity index (χ4n) is 2.83. The fourth-order valence-corrected chi connectivity index (χ4v) is 5.04. The van der Waals surface area contributed by atoms with Crippen molar-refractivity contribution < 1.29 is 8.42 Å². The van der Waals surface area contributed by atoms with Crippen LogP contribution < -0.4 is 10.5 Å². The van der Waals surface area contributed by atoms with Crippen LogP contribution in [0.3, 0.4) is 0 Å². The topological polar surface area (TPSA) is 72.2 Å². The first-order chi connectivity index (χ1) is 9.93. The zero-order valence-electron chi connectivity index (χ0n) is 12.1. The van der Waals surface area contributed by atoms with Gasteiger partial charge in [0, 0.05) is 28.2 Å². The zero-order chi connectivity index (χ0) is 15.5. The molecule has 1 atom stereocenters. The number of benzene rings is 1. The standard InChI is InChI=1S/C14H20Cl2N2O2S.ClH/c15-12-6-3-7-13(16)11(12)9-21(19,20)18-14(8-17)10-4-1-2-5-10;/h3,6-7,10,14,18H,1-2,4-5,8-9,17H2;1H. The third kappa shape index (κ3) is 5.25. The second-order valence-corrected chi connectivity index (χ2v) is 8.03. The molecule has 0 spiro atoms. The van der Waals surface area contributed by atoms with Gasteiger partial charge in [0.2, 0.25) is 10.0 Å². The summed E-state index contributed by atoms with van der Waals surface area (Å²) >= 11 is 12.1. The van der Waals surface area contributed by atoms with Gasteiger partial charge < -0.3 is 5.73 Å². The normalized spacial score (nSPS) is 17.2. The molecule has 8 heteroatoms. The summed E-state index contributed by atoms with van der Waals surface area (Å²) in [6.07, 6.45) is 4.33. The molecule has 0 aliphatic heterocycles. The number of hydrogen-bond donors (Lipinski definition) is 2. The highest BCUT2D eigenvalue weighted by Crippen LogP contribution is 2.29. The largest absolute Gasteiger partial charge is 0.329 e. The van der Waals surface area contributed by atoms with E-state index < -0.39 is 10.0 Å². The maximum absolute atomic E-state index is 12.3. The van der Waals surface area contributed by atoms with Gasteiger partial charge in [0.25, 0.3) is 0 Å². The molecule has 0 aromatic heterocycles. The molecule has 1 aromatic carbocycles. The molecular weight excluding hydrogens is 367 g/mol. The average Bonchev–Trinajstić information content (AvgIpc) is 2.94. The molecule has 126 valence electrons. The molecule has 3 N–H and O–H groups in total. The minimum Gasteiger partial charge on any atom is -0.329 e. The first-order valence-electron chi connectivity index (χ1n) is 7.06. The smallest absolute Gasteiger partial charge is 0.216 e. The minimum atomic E-state index is -3.53. The molecular formula is C14H21Cl3N2O2S. The molecule has 1 fully saturated rings. The second kappa shape index (κ2) is 8.71. The predicted octanol–water partition coefficient (Wildman–Crippen LogP) is 3.35. The Hall–Kier alpha value is -0.0400. The predicted molar refractivity (Wildman–Crippen MR) is 94.3 cm³/mol. The van der Waals surface area contributed by atoms with Gasteiger partial charge >= 0.3 is 0 Å². The molecule has 22 heavy (non-hydrogen) atoms. The zero-order valence-corrected chi connectivity index (χ0v) is 15.2. The van der Waals surface area contributed by atoms with Gasteiger partial charge in [-0.15, -0.1) is 12.4 Å². The van der Waals surface area contributed by atoms with Gasteiger partial charge in [-0.3, -0.25) is 0 Å². The Morgan fingerprint density at radius 3 is 2.27 bits per heavy atom. The molecule has 2 rings (SSSR count). The van der Waals surface area contributed by atoms with Gasteiger partial charge in [0.1, 0.15) is 0 Å². The van der Waals surface area contributed by atoms with Gasteiger partial charge in [0.05, 0.1) is 5.75 Å². The summed E-state index contributed by atoms with van der Waals surface area (Å²) in [5.41, 5.74) is 6.16. The van der Waals surface area contributed by atoms with Crippen molar-refractivity contribution in [2.75, 3.05) is 6.54 Å². The van der Waals surface area contributed by atoms with E-state index in [1.807, 2.05) is 0 Å². The van der Waals surface area contributed by atoms with E-state index in [1.54, 1.807) is 18.2 Å². The molecule has 0 saturated heterocycles. The lowest BCUT2D eigenvalue weighted by molar-refractivity contribution is 0.405. The van der Waals surface area contributed by atoms with E-state index in [9.17, 15) is 8.42 Å². The SMILES string of the molecule is Cl.NCC(NS(=O)(=O)Cc1c(Cl)cccc1Cl)C1CCCC1. The number of nitrogens with one attached hydrogen (secondary N) is 1. The van der Waals surface area contributed by atoms with Crippen molar-refractivity contribution in [3.63, 3.8) is 0 Å². The van der Waals surface area contributed by atoms with Crippen LogP contribution in [0.15, 0.2) is 18.2 Å².